The van der Waals surface area contributed by atoms with Crippen LogP contribution in [-0.2, 0) is 0 Å². The SMILES string of the molecule is CCCCC/C=C/CSSC/C=C/CCCCC. The highest BCUT2D eigenvalue weighted by Crippen LogP contribution is 2.21. The normalized spacial score (nSPS) is 11.9. The van der Waals surface area contributed by atoms with Crippen molar-refractivity contribution in [1.29, 1.82) is 0 Å². The Bertz CT molecular complexity index is 175. The van der Waals surface area contributed by atoms with E-state index < -0.39 is 0 Å². The predicted octanol–water partition coefficient (Wildman–Crippen LogP) is 6.64. The average Bonchev–Trinajstić information content (AvgIpc) is 2.39. The Morgan fingerprint density at radius 2 is 1.06 bits per heavy atom. The standard InChI is InChI=1S/C16H30S2/c1-3-5-7-9-11-13-15-17-18-16-14-12-10-8-6-4-2/h11-14H,3-10,15-16H2,1-2H3/b13-11+,14-12+. The number of hydrogen-bond acceptors (Lipinski definition) is 2. The zero-order valence-electron chi connectivity index (χ0n) is 12.2. The molecule has 0 aromatic carbocycles. The van der Waals surface area contributed by atoms with E-state index >= 15 is 0 Å². The van der Waals surface area contributed by atoms with Crippen LogP contribution >= 0.6 is 21.6 Å². The molecule has 0 aliphatic carbocycles. The first-order valence-electron chi connectivity index (χ1n) is 7.46. The molecule has 0 saturated heterocycles. The molecule has 0 nitrogen and oxygen atoms in total. The van der Waals surface area contributed by atoms with Gasteiger partial charge in [-0.05, 0) is 25.7 Å². The van der Waals surface area contributed by atoms with Gasteiger partial charge in [0.2, 0.25) is 0 Å². The van der Waals surface area contributed by atoms with E-state index in [1.807, 2.05) is 21.6 Å². The summed E-state index contributed by atoms with van der Waals surface area (Å²) in [5, 5.41) is 0. The van der Waals surface area contributed by atoms with Crippen LogP contribution in [0, 0.1) is 0 Å². The average molecular weight is 287 g/mol. The van der Waals surface area contributed by atoms with Crippen molar-refractivity contribution in [2.24, 2.45) is 0 Å². The Morgan fingerprint density at radius 1 is 0.611 bits per heavy atom. The third kappa shape index (κ3) is 16.2. The summed E-state index contributed by atoms with van der Waals surface area (Å²) in [5.41, 5.74) is 0. The maximum Gasteiger partial charge on any atom is 0.0217 e. The van der Waals surface area contributed by atoms with Crippen molar-refractivity contribution in [3.63, 3.8) is 0 Å². The number of rotatable bonds is 13. The monoisotopic (exact) mass is 286 g/mol. The fourth-order valence-electron chi connectivity index (χ4n) is 1.57. The molecule has 0 radical (unpaired) electrons. The Balaban J connectivity index is 3.10. The summed E-state index contributed by atoms with van der Waals surface area (Å²) in [6, 6.07) is 0. The molecule has 0 aliphatic rings. The highest BCUT2D eigenvalue weighted by molar-refractivity contribution is 8.76. The highest BCUT2D eigenvalue weighted by Gasteiger charge is 1.86. The van der Waals surface area contributed by atoms with Crippen molar-refractivity contribution >= 4 is 21.6 Å². The Kier molecular flexibility index (Phi) is 17.4. The van der Waals surface area contributed by atoms with Gasteiger partial charge in [-0.3, -0.25) is 0 Å². The van der Waals surface area contributed by atoms with Crippen LogP contribution in [0.1, 0.15) is 65.2 Å². The first kappa shape index (κ1) is 18.2. The smallest absolute Gasteiger partial charge is 0.0217 e. The Morgan fingerprint density at radius 3 is 1.44 bits per heavy atom. The van der Waals surface area contributed by atoms with Crippen molar-refractivity contribution in [2.75, 3.05) is 11.5 Å². The van der Waals surface area contributed by atoms with Crippen LogP contribution in [0.25, 0.3) is 0 Å². The van der Waals surface area contributed by atoms with Crippen molar-refractivity contribution in [3.8, 4) is 0 Å². The van der Waals surface area contributed by atoms with Crippen LogP contribution in [-0.4, -0.2) is 11.5 Å². The minimum atomic E-state index is 1.15. The molecule has 0 unspecified atom stereocenters. The Hall–Kier alpha value is 0.180. The lowest BCUT2D eigenvalue weighted by atomic mass is 10.2. The molecule has 0 spiro atoms. The molecule has 0 aromatic rings. The van der Waals surface area contributed by atoms with E-state index in [1.165, 1.54) is 51.4 Å². The van der Waals surface area contributed by atoms with Crippen molar-refractivity contribution in [1.82, 2.24) is 0 Å². The van der Waals surface area contributed by atoms with Crippen LogP contribution in [0.4, 0.5) is 0 Å². The van der Waals surface area contributed by atoms with Crippen LogP contribution < -0.4 is 0 Å². The van der Waals surface area contributed by atoms with Gasteiger partial charge in [-0.2, -0.15) is 0 Å². The van der Waals surface area contributed by atoms with Gasteiger partial charge in [0.05, 0.1) is 0 Å². The van der Waals surface area contributed by atoms with Gasteiger partial charge in [-0.15, -0.1) is 0 Å². The van der Waals surface area contributed by atoms with Crippen molar-refractivity contribution in [2.45, 2.75) is 65.2 Å². The molecule has 2 heteroatoms. The molecule has 0 rings (SSSR count). The topological polar surface area (TPSA) is 0 Å². The molecule has 0 saturated carbocycles. The maximum absolute atomic E-state index is 2.34. The lowest BCUT2D eigenvalue weighted by Crippen LogP contribution is -1.74. The number of allylic oxidation sites excluding steroid dienone is 2. The second-order valence-electron chi connectivity index (χ2n) is 4.50. The quantitative estimate of drug-likeness (QED) is 0.211. The number of unbranched alkanes of at least 4 members (excludes halogenated alkanes) is 6. The maximum atomic E-state index is 2.34. The molecule has 0 heterocycles. The third-order valence-electron chi connectivity index (χ3n) is 2.69. The number of hydrogen-bond donors (Lipinski definition) is 0. The van der Waals surface area contributed by atoms with E-state index in [1.54, 1.807) is 0 Å². The van der Waals surface area contributed by atoms with Gasteiger partial charge in [-0.25, -0.2) is 0 Å². The van der Waals surface area contributed by atoms with Crippen LogP contribution in [0.2, 0.25) is 0 Å². The molecule has 0 bridgehead atoms. The molecule has 0 N–H and O–H groups in total. The predicted molar refractivity (Wildman–Crippen MR) is 91.5 cm³/mol. The molecule has 18 heavy (non-hydrogen) atoms. The van der Waals surface area contributed by atoms with Gasteiger partial charge in [0, 0.05) is 11.5 Å². The Labute approximate surface area is 122 Å². The summed E-state index contributed by atoms with van der Waals surface area (Å²) >= 11 is 0. The van der Waals surface area contributed by atoms with E-state index in [4.69, 9.17) is 0 Å². The summed E-state index contributed by atoms with van der Waals surface area (Å²) in [5.74, 6) is 2.31. The zero-order chi connectivity index (χ0) is 13.3. The van der Waals surface area contributed by atoms with Gasteiger partial charge in [0.15, 0.2) is 0 Å². The van der Waals surface area contributed by atoms with Gasteiger partial charge < -0.3 is 0 Å². The first-order chi connectivity index (χ1) is 8.91. The highest BCUT2D eigenvalue weighted by atomic mass is 33.1. The molecule has 0 atom stereocenters. The summed E-state index contributed by atoms with van der Waals surface area (Å²) in [7, 11) is 3.93. The van der Waals surface area contributed by atoms with Crippen LogP contribution in [0.15, 0.2) is 24.3 Å². The third-order valence-corrected chi connectivity index (χ3v) is 4.83. The summed E-state index contributed by atoms with van der Waals surface area (Å²) < 4.78 is 0. The summed E-state index contributed by atoms with van der Waals surface area (Å²) in [4.78, 5) is 0. The second kappa shape index (κ2) is 17.2. The van der Waals surface area contributed by atoms with E-state index in [0.29, 0.717) is 0 Å². The largest absolute Gasteiger partial charge is 0.0897 e. The van der Waals surface area contributed by atoms with Crippen molar-refractivity contribution in [3.05, 3.63) is 24.3 Å². The molecular weight excluding hydrogens is 256 g/mol. The summed E-state index contributed by atoms with van der Waals surface area (Å²) in [6.07, 6.45) is 19.9. The lowest BCUT2D eigenvalue weighted by molar-refractivity contribution is 0.729. The minimum Gasteiger partial charge on any atom is -0.0897 e. The van der Waals surface area contributed by atoms with Crippen molar-refractivity contribution < 1.29 is 0 Å². The fourth-order valence-corrected chi connectivity index (χ4v) is 3.24. The lowest BCUT2D eigenvalue weighted by Gasteiger charge is -1.95. The molecule has 0 aromatic heterocycles. The van der Waals surface area contributed by atoms with Crippen LogP contribution in [0.5, 0.6) is 0 Å². The van der Waals surface area contributed by atoms with E-state index in [-0.39, 0.29) is 0 Å². The summed E-state index contributed by atoms with van der Waals surface area (Å²) in [6.45, 7) is 4.51. The zero-order valence-corrected chi connectivity index (χ0v) is 13.8. The molecule has 106 valence electrons. The van der Waals surface area contributed by atoms with Gasteiger partial charge in [-0.1, -0.05) is 85.4 Å². The molecule has 0 aliphatic heterocycles. The first-order valence-corrected chi connectivity index (χ1v) is 9.95. The van der Waals surface area contributed by atoms with Crippen LogP contribution in [0.3, 0.4) is 0 Å². The molecular formula is C16H30S2. The minimum absolute atomic E-state index is 1.15. The molecule has 0 amide bonds. The van der Waals surface area contributed by atoms with E-state index in [2.05, 4.69) is 38.2 Å². The fraction of sp³-hybridized carbons (Fsp3) is 0.750. The van der Waals surface area contributed by atoms with E-state index in [0.717, 1.165) is 11.5 Å². The van der Waals surface area contributed by atoms with Gasteiger partial charge in [0.25, 0.3) is 0 Å². The van der Waals surface area contributed by atoms with E-state index in [9.17, 15) is 0 Å². The molecule has 0 fully saturated rings. The van der Waals surface area contributed by atoms with Gasteiger partial charge in [0.1, 0.15) is 0 Å². The van der Waals surface area contributed by atoms with Gasteiger partial charge >= 0.3 is 0 Å². The second-order valence-corrected chi connectivity index (χ2v) is 7.06.